The third-order valence-corrected chi connectivity index (χ3v) is 6.52. The second kappa shape index (κ2) is 9.91. The van der Waals surface area contributed by atoms with E-state index in [1.165, 1.54) is 42.5 Å². The van der Waals surface area contributed by atoms with E-state index in [1.807, 2.05) is 44.2 Å². The maximum absolute atomic E-state index is 14.2. The van der Waals surface area contributed by atoms with Crippen LogP contribution in [-0.2, 0) is 10.0 Å². The number of nitrogens with one attached hydrogen (secondary N) is 1. The molecule has 0 aliphatic rings. The average Bonchev–Trinajstić information content (AvgIpc) is 2.85. The van der Waals surface area contributed by atoms with Crippen molar-refractivity contribution in [3.63, 3.8) is 0 Å². The lowest BCUT2D eigenvalue weighted by molar-refractivity contribution is 0.427. The first kappa shape index (κ1) is 23.9. The number of ether oxygens (including phenoxy) is 1. The first-order chi connectivity index (χ1) is 16.8. The molecule has 0 fully saturated rings. The Hall–Kier alpha value is -4.29. The van der Waals surface area contributed by atoms with Gasteiger partial charge in [0.1, 0.15) is 11.0 Å². The van der Waals surface area contributed by atoms with Gasteiger partial charge in [-0.2, -0.15) is 10.2 Å². The Bertz CT molecular complexity index is 1530. The van der Waals surface area contributed by atoms with Gasteiger partial charge in [-0.05, 0) is 35.7 Å². The van der Waals surface area contributed by atoms with E-state index in [4.69, 9.17) is 4.74 Å². The third kappa shape index (κ3) is 5.28. The van der Waals surface area contributed by atoms with Crippen molar-refractivity contribution in [1.29, 1.82) is 5.26 Å². The van der Waals surface area contributed by atoms with Crippen LogP contribution in [0.2, 0.25) is 0 Å². The molecule has 4 rings (SSSR count). The van der Waals surface area contributed by atoms with Crippen molar-refractivity contribution < 1.29 is 17.5 Å². The molecule has 9 heteroatoms. The van der Waals surface area contributed by atoms with Crippen molar-refractivity contribution in [3.8, 4) is 29.0 Å². The lowest BCUT2D eigenvalue weighted by Crippen LogP contribution is -2.17. The molecule has 0 bridgehead atoms. The van der Waals surface area contributed by atoms with E-state index in [0.717, 1.165) is 11.1 Å². The molecule has 0 amide bonds. The van der Waals surface area contributed by atoms with Crippen molar-refractivity contribution in [2.45, 2.75) is 24.7 Å². The Balaban J connectivity index is 1.83. The van der Waals surface area contributed by atoms with Crippen LogP contribution in [0.3, 0.4) is 0 Å². The van der Waals surface area contributed by atoms with Crippen LogP contribution in [0.5, 0.6) is 11.6 Å². The highest BCUT2D eigenvalue weighted by Crippen LogP contribution is 2.32. The predicted molar refractivity (Wildman–Crippen MR) is 130 cm³/mol. The summed E-state index contributed by atoms with van der Waals surface area (Å²) in [5.74, 6) is -0.844. The molecule has 0 atom stereocenters. The molecular weight excluding hydrogens is 467 g/mol. The number of hydrogen-bond donors (Lipinski definition) is 1. The Morgan fingerprint density at radius 3 is 2.40 bits per heavy atom. The second-order valence-electron chi connectivity index (χ2n) is 7.90. The summed E-state index contributed by atoms with van der Waals surface area (Å²) < 4.78 is 48.4. The van der Waals surface area contributed by atoms with E-state index >= 15 is 0 Å². The van der Waals surface area contributed by atoms with E-state index < -0.39 is 15.8 Å². The summed E-state index contributed by atoms with van der Waals surface area (Å²) in [7, 11) is -4.21. The van der Waals surface area contributed by atoms with Gasteiger partial charge in [0.2, 0.25) is 11.8 Å². The minimum Gasteiger partial charge on any atom is -0.436 e. The molecule has 3 aromatic carbocycles. The number of para-hydroxylation sites is 1. The molecule has 1 heterocycles. The Morgan fingerprint density at radius 2 is 1.66 bits per heavy atom. The van der Waals surface area contributed by atoms with Gasteiger partial charge in [0.05, 0.1) is 11.3 Å². The van der Waals surface area contributed by atoms with E-state index in [2.05, 4.69) is 14.7 Å². The SMILES string of the molecule is CC(C)c1ccccc1-c1cc(Oc2ccccc2F)nc(NS(=O)(=O)c2ccccc2C#N)n1. The topological polar surface area (TPSA) is 105 Å². The molecule has 35 heavy (non-hydrogen) atoms. The first-order valence-electron chi connectivity index (χ1n) is 10.7. The number of aromatic nitrogens is 2. The van der Waals surface area contributed by atoms with E-state index in [-0.39, 0.29) is 34.0 Å². The van der Waals surface area contributed by atoms with Gasteiger partial charge in [-0.15, -0.1) is 0 Å². The van der Waals surface area contributed by atoms with E-state index in [1.54, 1.807) is 12.1 Å². The van der Waals surface area contributed by atoms with Gasteiger partial charge < -0.3 is 4.74 Å². The van der Waals surface area contributed by atoms with Gasteiger partial charge in [0.25, 0.3) is 10.0 Å². The molecule has 0 unspecified atom stereocenters. The largest absolute Gasteiger partial charge is 0.436 e. The van der Waals surface area contributed by atoms with Crippen molar-refractivity contribution in [2.24, 2.45) is 0 Å². The summed E-state index contributed by atoms with van der Waals surface area (Å²) in [4.78, 5) is 8.37. The molecule has 4 aromatic rings. The standard InChI is InChI=1S/C26H21FN4O3S/c1-17(2)19-10-4-5-11-20(19)22-15-25(34-23-13-7-6-12-21(23)27)30-26(29-22)31-35(32,33)24-14-8-3-9-18(24)16-28/h3-15,17H,1-2H3,(H,29,30,31). The summed E-state index contributed by atoms with van der Waals surface area (Å²) in [6, 6.07) is 22.6. The lowest BCUT2D eigenvalue weighted by atomic mass is 9.95. The Labute approximate surface area is 202 Å². The number of benzene rings is 3. The highest BCUT2D eigenvalue weighted by Gasteiger charge is 2.22. The lowest BCUT2D eigenvalue weighted by Gasteiger charge is -2.15. The number of halogens is 1. The summed E-state index contributed by atoms with van der Waals surface area (Å²) in [5.41, 5.74) is 2.10. The first-order valence-corrected chi connectivity index (χ1v) is 12.2. The molecule has 0 spiro atoms. The molecule has 1 aromatic heterocycles. The molecule has 0 saturated heterocycles. The summed E-state index contributed by atoms with van der Waals surface area (Å²) in [6.45, 7) is 4.05. The van der Waals surface area contributed by atoms with Gasteiger partial charge in [-0.3, -0.25) is 0 Å². The number of hydrogen-bond acceptors (Lipinski definition) is 6. The Kier molecular flexibility index (Phi) is 6.75. The molecule has 1 N–H and O–H groups in total. The van der Waals surface area contributed by atoms with Gasteiger partial charge in [-0.25, -0.2) is 22.5 Å². The number of anilines is 1. The van der Waals surface area contributed by atoms with Gasteiger partial charge in [0, 0.05) is 11.6 Å². The Morgan fingerprint density at radius 1 is 0.971 bits per heavy atom. The number of nitriles is 1. The number of sulfonamides is 1. The highest BCUT2D eigenvalue weighted by molar-refractivity contribution is 7.92. The quantitative estimate of drug-likeness (QED) is 0.349. The monoisotopic (exact) mass is 488 g/mol. The molecule has 0 aliphatic heterocycles. The fraction of sp³-hybridized carbons (Fsp3) is 0.115. The van der Waals surface area contributed by atoms with E-state index in [0.29, 0.717) is 5.69 Å². The fourth-order valence-electron chi connectivity index (χ4n) is 3.50. The van der Waals surface area contributed by atoms with Crippen LogP contribution in [0, 0.1) is 17.1 Å². The zero-order valence-corrected chi connectivity index (χ0v) is 19.8. The molecule has 176 valence electrons. The summed E-state index contributed by atoms with van der Waals surface area (Å²) >= 11 is 0. The minimum absolute atomic E-state index is 0.0239. The summed E-state index contributed by atoms with van der Waals surface area (Å²) in [5, 5.41) is 9.33. The van der Waals surface area contributed by atoms with E-state index in [9.17, 15) is 18.1 Å². The normalized spacial score (nSPS) is 11.2. The smallest absolute Gasteiger partial charge is 0.265 e. The van der Waals surface area contributed by atoms with Crippen LogP contribution < -0.4 is 9.46 Å². The molecular formula is C26H21FN4O3S. The maximum atomic E-state index is 14.2. The van der Waals surface area contributed by atoms with Gasteiger partial charge >= 0.3 is 0 Å². The molecule has 7 nitrogen and oxygen atoms in total. The third-order valence-electron chi connectivity index (χ3n) is 5.14. The molecule has 0 aliphatic carbocycles. The van der Waals surface area contributed by atoms with Crippen LogP contribution in [0.15, 0.2) is 83.8 Å². The minimum atomic E-state index is -4.21. The van der Waals surface area contributed by atoms with Crippen LogP contribution in [-0.4, -0.2) is 18.4 Å². The molecule has 0 radical (unpaired) electrons. The van der Waals surface area contributed by atoms with Gasteiger partial charge in [-0.1, -0.05) is 62.4 Å². The molecule has 0 saturated carbocycles. The van der Waals surface area contributed by atoms with Crippen molar-refractivity contribution in [3.05, 3.63) is 95.8 Å². The predicted octanol–water partition coefficient (Wildman–Crippen LogP) is 5.87. The maximum Gasteiger partial charge on any atom is 0.265 e. The summed E-state index contributed by atoms with van der Waals surface area (Å²) in [6.07, 6.45) is 0. The van der Waals surface area contributed by atoms with Crippen LogP contribution in [0.1, 0.15) is 30.9 Å². The zero-order chi connectivity index (χ0) is 25.0. The van der Waals surface area contributed by atoms with Crippen LogP contribution >= 0.6 is 0 Å². The number of nitrogens with zero attached hydrogens (tertiary/aromatic N) is 3. The zero-order valence-electron chi connectivity index (χ0n) is 18.9. The van der Waals surface area contributed by atoms with Crippen LogP contribution in [0.25, 0.3) is 11.3 Å². The van der Waals surface area contributed by atoms with Crippen LogP contribution in [0.4, 0.5) is 10.3 Å². The van der Waals surface area contributed by atoms with Crippen molar-refractivity contribution in [2.75, 3.05) is 4.72 Å². The second-order valence-corrected chi connectivity index (χ2v) is 9.55. The fourth-order valence-corrected chi connectivity index (χ4v) is 4.61. The van der Waals surface area contributed by atoms with Crippen molar-refractivity contribution in [1.82, 2.24) is 9.97 Å². The number of rotatable bonds is 7. The average molecular weight is 489 g/mol. The highest BCUT2D eigenvalue weighted by atomic mass is 32.2. The van der Waals surface area contributed by atoms with Crippen molar-refractivity contribution >= 4 is 16.0 Å². The van der Waals surface area contributed by atoms with Gasteiger partial charge in [0.15, 0.2) is 11.6 Å².